The maximum absolute atomic E-state index is 12.2. The van der Waals surface area contributed by atoms with E-state index >= 15 is 0 Å². The molecule has 7 heteroatoms. The zero-order chi connectivity index (χ0) is 16.8. The Bertz CT molecular complexity index is 563. The molecule has 2 heterocycles. The minimum Gasteiger partial charge on any atom is -0.484 e. The zero-order valence-corrected chi connectivity index (χ0v) is 14.5. The summed E-state index contributed by atoms with van der Waals surface area (Å²) in [7, 11) is 0. The number of amides is 3. The van der Waals surface area contributed by atoms with E-state index in [0.29, 0.717) is 18.8 Å². The number of urea groups is 1. The van der Waals surface area contributed by atoms with Gasteiger partial charge in [0.2, 0.25) is 0 Å². The van der Waals surface area contributed by atoms with Gasteiger partial charge in [-0.25, -0.2) is 4.79 Å². The smallest absolute Gasteiger partial charge is 0.317 e. The Kier molecular flexibility index (Phi) is 5.85. The molecule has 3 rings (SSSR count). The van der Waals surface area contributed by atoms with E-state index in [-0.39, 0.29) is 24.6 Å². The minimum absolute atomic E-state index is 0.00451. The number of hydrogen-bond donors (Lipinski definition) is 1. The first-order valence-corrected chi connectivity index (χ1v) is 9.46. The van der Waals surface area contributed by atoms with Crippen molar-refractivity contribution in [2.45, 2.75) is 12.5 Å². The van der Waals surface area contributed by atoms with Crippen LogP contribution in [0.3, 0.4) is 0 Å². The van der Waals surface area contributed by atoms with Crippen molar-refractivity contribution in [2.75, 3.05) is 44.3 Å². The molecule has 0 bridgehead atoms. The van der Waals surface area contributed by atoms with E-state index in [4.69, 9.17) is 4.74 Å². The predicted octanol–water partition coefficient (Wildman–Crippen LogP) is 1.42. The Morgan fingerprint density at radius 1 is 1.12 bits per heavy atom. The molecule has 2 aliphatic rings. The van der Waals surface area contributed by atoms with Gasteiger partial charge in [-0.05, 0) is 18.6 Å². The van der Waals surface area contributed by atoms with Crippen LogP contribution in [0.25, 0.3) is 0 Å². The lowest BCUT2D eigenvalue weighted by Crippen LogP contribution is -2.48. The van der Waals surface area contributed by atoms with Crippen molar-refractivity contribution >= 4 is 23.7 Å². The maximum Gasteiger partial charge on any atom is 0.317 e. The number of para-hydroxylation sites is 1. The first kappa shape index (κ1) is 17.0. The molecule has 6 nitrogen and oxygen atoms in total. The molecule has 1 atom stereocenters. The summed E-state index contributed by atoms with van der Waals surface area (Å²) in [6.07, 6.45) is 0.797. The number of likely N-dealkylation sites (tertiary alicyclic amines) is 1. The van der Waals surface area contributed by atoms with Gasteiger partial charge in [0, 0.05) is 43.7 Å². The summed E-state index contributed by atoms with van der Waals surface area (Å²) in [5, 5.41) is 3.05. The topological polar surface area (TPSA) is 61.9 Å². The zero-order valence-electron chi connectivity index (χ0n) is 13.6. The fourth-order valence-electron chi connectivity index (χ4n) is 2.89. The SMILES string of the molecule is O=C(COc1ccccc1)N1CCC(NC(=O)N2CCSCC2)C1. The summed E-state index contributed by atoms with van der Waals surface area (Å²) in [5.74, 6) is 2.65. The van der Waals surface area contributed by atoms with Crippen LogP contribution in [-0.4, -0.2) is 72.1 Å². The fourth-order valence-corrected chi connectivity index (χ4v) is 3.79. The van der Waals surface area contributed by atoms with Crippen molar-refractivity contribution < 1.29 is 14.3 Å². The number of rotatable bonds is 4. The number of thioether (sulfide) groups is 1. The third kappa shape index (κ3) is 4.56. The molecule has 1 N–H and O–H groups in total. The molecule has 0 saturated carbocycles. The van der Waals surface area contributed by atoms with Gasteiger partial charge in [-0.1, -0.05) is 18.2 Å². The molecule has 1 aromatic rings. The normalized spacial score (nSPS) is 20.8. The average Bonchev–Trinajstić information content (AvgIpc) is 3.10. The molecule has 3 amide bonds. The highest BCUT2D eigenvalue weighted by Crippen LogP contribution is 2.14. The van der Waals surface area contributed by atoms with E-state index in [1.807, 2.05) is 47.0 Å². The van der Waals surface area contributed by atoms with Gasteiger partial charge in [0.15, 0.2) is 6.61 Å². The van der Waals surface area contributed by atoms with Crippen LogP contribution in [-0.2, 0) is 4.79 Å². The van der Waals surface area contributed by atoms with Crippen LogP contribution < -0.4 is 10.1 Å². The summed E-state index contributed by atoms with van der Waals surface area (Å²) in [4.78, 5) is 28.1. The lowest BCUT2D eigenvalue weighted by atomic mass is 10.3. The minimum atomic E-state index is -0.0371. The lowest BCUT2D eigenvalue weighted by molar-refractivity contribution is -0.132. The molecular formula is C17H23N3O3S. The molecule has 0 aromatic heterocycles. The molecule has 2 aliphatic heterocycles. The predicted molar refractivity (Wildman–Crippen MR) is 94.4 cm³/mol. The van der Waals surface area contributed by atoms with Gasteiger partial charge in [-0.3, -0.25) is 4.79 Å². The van der Waals surface area contributed by atoms with E-state index in [1.165, 1.54) is 0 Å². The van der Waals surface area contributed by atoms with Gasteiger partial charge >= 0.3 is 6.03 Å². The summed E-state index contributed by atoms with van der Waals surface area (Å²) in [6, 6.07) is 9.35. The number of ether oxygens (including phenoxy) is 1. The van der Waals surface area contributed by atoms with Gasteiger partial charge in [-0.15, -0.1) is 0 Å². The van der Waals surface area contributed by atoms with Crippen molar-refractivity contribution in [3.63, 3.8) is 0 Å². The Hall–Kier alpha value is -1.89. The highest BCUT2D eigenvalue weighted by molar-refractivity contribution is 7.99. The summed E-state index contributed by atoms with van der Waals surface area (Å²) in [5.41, 5.74) is 0. The van der Waals surface area contributed by atoms with E-state index in [1.54, 1.807) is 4.90 Å². The number of nitrogens with zero attached hydrogens (tertiary/aromatic N) is 2. The van der Waals surface area contributed by atoms with E-state index in [2.05, 4.69) is 5.32 Å². The number of carbonyl (C=O) groups excluding carboxylic acids is 2. The Labute approximate surface area is 146 Å². The molecule has 0 radical (unpaired) electrons. The standard InChI is InChI=1S/C17H23N3O3S/c21-16(13-23-15-4-2-1-3-5-15)20-7-6-14(12-20)18-17(22)19-8-10-24-11-9-19/h1-5,14H,6-13H2,(H,18,22). The van der Waals surface area contributed by atoms with E-state index in [9.17, 15) is 9.59 Å². The summed E-state index contributed by atoms with van der Waals surface area (Å²) >= 11 is 1.88. The second-order valence-electron chi connectivity index (χ2n) is 5.98. The molecule has 0 aliphatic carbocycles. The molecule has 2 fully saturated rings. The number of carbonyl (C=O) groups is 2. The lowest BCUT2D eigenvalue weighted by Gasteiger charge is -2.28. The van der Waals surface area contributed by atoms with E-state index in [0.717, 1.165) is 31.0 Å². The quantitative estimate of drug-likeness (QED) is 0.893. The van der Waals surface area contributed by atoms with Crippen molar-refractivity contribution in [2.24, 2.45) is 0 Å². The molecule has 0 spiro atoms. The second kappa shape index (κ2) is 8.28. The third-order valence-corrected chi connectivity index (χ3v) is 5.21. The highest BCUT2D eigenvalue weighted by atomic mass is 32.2. The van der Waals surface area contributed by atoms with Gasteiger partial charge in [-0.2, -0.15) is 11.8 Å². The van der Waals surface area contributed by atoms with Crippen LogP contribution in [0.1, 0.15) is 6.42 Å². The first-order valence-electron chi connectivity index (χ1n) is 8.31. The monoisotopic (exact) mass is 349 g/mol. The molecule has 24 heavy (non-hydrogen) atoms. The Balaban J connectivity index is 1.41. The van der Waals surface area contributed by atoms with Gasteiger partial charge in [0.1, 0.15) is 5.75 Å². The number of nitrogens with one attached hydrogen (secondary N) is 1. The van der Waals surface area contributed by atoms with Crippen LogP contribution in [0.2, 0.25) is 0 Å². The molecular weight excluding hydrogens is 326 g/mol. The van der Waals surface area contributed by atoms with Crippen LogP contribution in [0, 0.1) is 0 Å². The van der Waals surface area contributed by atoms with Crippen LogP contribution in [0.4, 0.5) is 4.79 Å². The average molecular weight is 349 g/mol. The van der Waals surface area contributed by atoms with Crippen molar-refractivity contribution in [1.82, 2.24) is 15.1 Å². The molecule has 2 saturated heterocycles. The maximum atomic E-state index is 12.2. The van der Waals surface area contributed by atoms with Gasteiger partial charge < -0.3 is 19.9 Å². The third-order valence-electron chi connectivity index (χ3n) is 4.27. The molecule has 1 aromatic carbocycles. The first-order chi connectivity index (χ1) is 11.7. The van der Waals surface area contributed by atoms with Gasteiger partial charge in [0.05, 0.1) is 0 Å². The van der Waals surface area contributed by atoms with Crippen molar-refractivity contribution in [3.8, 4) is 5.75 Å². The number of benzene rings is 1. The van der Waals surface area contributed by atoms with Crippen LogP contribution in [0.15, 0.2) is 30.3 Å². The van der Waals surface area contributed by atoms with Crippen molar-refractivity contribution in [1.29, 1.82) is 0 Å². The summed E-state index contributed by atoms with van der Waals surface area (Å²) < 4.78 is 5.50. The Morgan fingerprint density at radius 2 is 1.88 bits per heavy atom. The molecule has 130 valence electrons. The second-order valence-corrected chi connectivity index (χ2v) is 7.20. The van der Waals surface area contributed by atoms with Crippen molar-refractivity contribution in [3.05, 3.63) is 30.3 Å². The van der Waals surface area contributed by atoms with Crippen LogP contribution >= 0.6 is 11.8 Å². The molecule has 1 unspecified atom stereocenters. The Morgan fingerprint density at radius 3 is 2.62 bits per heavy atom. The van der Waals surface area contributed by atoms with E-state index < -0.39 is 0 Å². The van der Waals surface area contributed by atoms with Crippen LogP contribution in [0.5, 0.6) is 5.75 Å². The fraction of sp³-hybridized carbons (Fsp3) is 0.529. The van der Waals surface area contributed by atoms with Gasteiger partial charge in [0.25, 0.3) is 5.91 Å². The number of hydrogen-bond acceptors (Lipinski definition) is 4. The highest BCUT2D eigenvalue weighted by Gasteiger charge is 2.29. The largest absolute Gasteiger partial charge is 0.484 e. The summed E-state index contributed by atoms with van der Waals surface area (Å²) in [6.45, 7) is 2.87.